The van der Waals surface area contributed by atoms with Gasteiger partial charge < -0.3 is 9.64 Å². The highest BCUT2D eigenvalue weighted by atomic mass is 79.9. The Morgan fingerprint density at radius 1 is 1.39 bits per heavy atom. The van der Waals surface area contributed by atoms with Gasteiger partial charge in [0.05, 0.1) is 11.9 Å². The van der Waals surface area contributed by atoms with Crippen LogP contribution in [0.1, 0.15) is 25.3 Å². The zero-order valence-electron chi connectivity index (χ0n) is 11.0. The van der Waals surface area contributed by atoms with E-state index in [0.29, 0.717) is 11.9 Å². The summed E-state index contributed by atoms with van der Waals surface area (Å²) < 4.78 is 5.74. The summed E-state index contributed by atoms with van der Waals surface area (Å²) in [6.07, 6.45) is 2.16. The zero-order valence-corrected chi connectivity index (χ0v) is 12.6. The molecule has 0 saturated carbocycles. The first-order valence-corrected chi connectivity index (χ1v) is 7.31. The van der Waals surface area contributed by atoms with Crippen molar-refractivity contribution in [3.05, 3.63) is 29.8 Å². The number of hydrogen-bond acceptors (Lipinski definition) is 2. The SMILES string of the molecule is CCCCOc1ccccc1CN(C)C(=O)CBr. The van der Waals surface area contributed by atoms with E-state index >= 15 is 0 Å². The summed E-state index contributed by atoms with van der Waals surface area (Å²) in [5.41, 5.74) is 1.05. The van der Waals surface area contributed by atoms with Gasteiger partial charge in [-0.2, -0.15) is 0 Å². The molecule has 0 unspecified atom stereocenters. The second-order valence-corrected chi connectivity index (χ2v) is 4.75. The van der Waals surface area contributed by atoms with Gasteiger partial charge in [0.25, 0.3) is 0 Å². The maximum atomic E-state index is 11.5. The molecule has 0 aliphatic heterocycles. The highest BCUT2D eigenvalue weighted by Gasteiger charge is 2.10. The molecule has 0 atom stereocenters. The number of ether oxygens (including phenoxy) is 1. The molecule has 0 fully saturated rings. The molecule has 0 aliphatic rings. The fourth-order valence-electron chi connectivity index (χ4n) is 1.55. The molecule has 0 radical (unpaired) electrons. The first-order chi connectivity index (χ1) is 8.69. The van der Waals surface area contributed by atoms with Crippen LogP contribution < -0.4 is 4.74 Å². The molecule has 18 heavy (non-hydrogen) atoms. The number of halogens is 1. The van der Waals surface area contributed by atoms with E-state index < -0.39 is 0 Å². The van der Waals surface area contributed by atoms with Gasteiger partial charge in [0.15, 0.2) is 0 Å². The number of nitrogens with zero attached hydrogens (tertiary/aromatic N) is 1. The summed E-state index contributed by atoms with van der Waals surface area (Å²) in [5, 5.41) is 0.350. The standard InChI is InChI=1S/C14H20BrNO2/c1-3-4-9-18-13-8-6-5-7-12(13)11-16(2)14(17)10-15/h5-8H,3-4,9-11H2,1-2H3. The van der Waals surface area contributed by atoms with Crippen molar-refractivity contribution in [1.29, 1.82) is 0 Å². The van der Waals surface area contributed by atoms with Crippen molar-refractivity contribution in [2.75, 3.05) is 19.0 Å². The van der Waals surface area contributed by atoms with Crippen LogP contribution in [0.25, 0.3) is 0 Å². The van der Waals surface area contributed by atoms with Crippen LogP contribution in [0.5, 0.6) is 5.75 Å². The summed E-state index contributed by atoms with van der Waals surface area (Å²) in [5.74, 6) is 0.943. The van der Waals surface area contributed by atoms with Crippen LogP contribution in [0.4, 0.5) is 0 Å². The van der Waals surface area contributed by atoms with Gasteiger partial charge >= 0.3 is 0 Å². The van der Waals surface area contributed by atoms with Crippen LogP contribution in [0.3, 0.4) is 0 Å². The van der Waals surface area contributed by atoms with E-state index in [1.807, 2.05) is 24.3 Å². The van der Waals surface area contributed by atoms with Crippen molar-refractivity contribution in [2.24, 2.45) is 0 Å². The molecule has 0 N–H and O–H groups in total. The van der Waals surface area contributed by atoms with Crippen molar-refractivity contribution >= 4 is 21.8 Å². The van der Waals surface area contributed by atoms with E-state index in [4.69, 9.17) is 4.74 Å². The quantitative estimate of drug-likeness (QED) is 0.571. The molecule has 1 aromatic rings. The molecular weight excluding hydrogens is 294 g/mol. The third-order valence-corrected chi connectivity index (χ3v) is 3.16. The zero-order chi connectivity index (χ0) is 13.4. The number of carbonyl (C=O) groups excluding carboxylic acids is 1. The predicted molar refractivity (Wildman–Crippen MR) is 77.1 cm³/mol. The Kier molecular flexibility index (Phi) is 6.80. The lowest BCUT2D eigenvalue weighted by Crippen LogP contribution is -2.27. The molecule has 3 nitrogen and oxygen atoms in total. The first-order valence-electron chi connectivity index (χ1n) is 6.19. The Hall–Kier alpha value is -1.03. The van der Waals surface area contributed by atoms with Crippen LogP contribution in [0.2, 0.25) is 0 Å². The average Bonchev–Trinajstić information content (AvgIpc) is 2.40. The van der Waals surface area contributed by atoms with Crippen LogP contribution >= 0.6 is 15.9 Å². The van der Waals surface area contributed by atoms with Crippen LogP contribution in [-0.4, -0.2) is 29.8 Å². The van der Waals surface area contributed by atoms with Gasteiger partial charge in [-0.05, 0) is 12.5 Å². The summed E-state index contributed by atoms with van der Waals surface area (Å²) >= 11 is 3.18. The van der Waals surface area contributed by atoms with Crippen LogP contribution in [-0.2, 0) is 11.3 Å². The topological polar surface area (TPSA) is 29.5 Å². The van der Waals surface area contributed by atoms with E-state index in [9.17, 15) is 4.79 Å². The summed E-state index contributed by atoms with van der Waals surface area (Å²) in [6, 6.07) is 7.88. The Morgan fingerprint density at radius 2 is 2.11 bits per heavy atom. The number of rotatable bonds is 7. The van der Waals surface area contributed by atoms with E-state index in [1.54, 1.807) is 11.9 Å². The normalized spacial score (nSPS) is 10.2. The fourth-order valence-corrected chi connectivity index (χ4v) is 1.98. The molecule has 0 aromatic heterocycles. The van der Waals surface area contributed by atoms with Gasteiger partial charge in [0.1, 0.15) is 5.75 Å². The Bertz CT molecular complexity index is 382. The minimum atomic E-state index is 0.0679. The summed E-state index contributed by atoms with van der Waals surface area (Å²) in [6.45, 7) is 3.44. The van der Waals surface area contributed by atoms with E-state index in [1.165, 1.54) is 0 Å². The van der Waals surface area contributed by atoms with E-state index in [-0.39, 0.29) is 5.91 Å². The van der Waals surface area contributed by atoms with Gasteiger partial charge in [-0.1, -0.05) is 47.5 Å². The molecule has 1 aromatic carbocycles. The lowest BCUT2D eigenvalue weighted by molar-refractivity contribution is -0.127. The molecule has 0 aliphatic carbocycles. The van der Waals surface area contributed by atoms with Crippen molar-refractivity contribution in [3.63, 3.8) is 0 Å². The minimum Gasteiger partial charge on any atom is -0.493 e. The van der Waals surface area contributed by atoms with Gasteiger partial charge in [-0.15, -0.1) is 0 Å². The second kappa shape index (κ2) is 8.14. The number of unbranched alkanes of at least 4 members (excludes halogenated alkanes) is 1. The summed E-state index contributed by atoms with van der Waals surface area (Å²) in [4.78, 5) is 13.2. The predicted octanol–water partition coefficient (Wildman–Crippen LogP) is 3.22. The molecular formula is C14H20BrNO2. The van der Waals surface area contributed by atoms with Crippen LogP contribution in [0.15, 0.2) is 24.3 Å². The minimum absolute atomic E-state index is 0.0679. The molecule has 0 saturated heterocycles. The number of benzene rings is 1. The van der Waals surface area contributed by atoms with Crippen molar-refractivity contribution in [3.8, 4) is 5.75 Å². The number of para-hydroxylation sites is 1. The molecule has 1 amide bonds. The molecule has 0 spiro atoms. The lowest BCUT2D eigenvalue weighted by Gasteiger charge is -2.18. The van der Waals surface area contributed by atoms with Gasteiger partial charge in [0.2, 0.25) is 5.91 Å². The van der Waals surface area contributed by atoms with Gasteiger partial charge in [-0.25, -0.2) is 0 Å². The number of carbonyl (C=O) groups is 1. The maximum absolute atomic E-state index is 11.5. The molecule has 1 rings (SSSR count). The number of amides is 1. The first kappa shape index (κ1) is 15.0. The van der Waals surface area contributed by atoms with E-state index in [0.717, 1.165) is 30.8 Å². The van der Waals surface area contributed by atoms with Crippen molar-refractivity contribution in [2.45, 2.75) is 26.3 Å². The highest BCUT2D eigenvalue weighted by molar-refractivity contribution is 9.09. The van der Waals surface area contributed by atoms with Crippen molar-refractivity contribution in [1.82, 2.24) is 4.90 Å². The smallest absolute Gasteiger partial charge is 0.233 e. The largest absolute Gasteiger partial charge is 0.493 e. The molecule has 0 bridgehead atoms. The third-order valence-electron chi connectivity index (χ3n) is 2.68. The maximum Gasteiger partial charge on any atom is 0.233 e. The second-order valence-electron chi connectivity index (χ2n) is 4.19. The Balaban J connectivity index is 2.66. The third kappa shape index (κ3) is 4.69. The monoisotopic (exact) mass is 313 g/mol. The summed E-state index contributed by atoms with van der Waals surface area (Å²) in [7, 11) is 1.80. The lowest BCUT2D eigenvalue weighted by atomic mass is 10.2. The van der Waals surface area contributed by atoms with E-state index in [2.05, 4.69) is 22.9 Å². The van der Waals surface area contributed by atoms with Gasteiger partial charge in [0, 0.05) is 19.2 Å². The Labute approximate surface area is 117 Å². The van der Waals surface area contributed by atoms with Gasteiger partial charge in [-0.3, -0.25) is 4.79 Å². The average molecular weight is 314 g/mol. The molecule has 4 heteroatoms. The Morgan fingerprint density at radius 3 is 2.78 bits per heavy atom. The fraction of sp³-hybridized carbons (Fsp3) is 0.500. The highest BCUT2D eigenvalue weighted by Crippen LogP contribution is 2.20. The molecule has 0 heterocycles. The van der Waals surface area contributed by atoms with Crippen LogP contribution in [0, 0.1) is 0 Å². The molecule has 100 valence electrons. The number of alkyl halides is 1. The van der Waals surface area contributed by atoms with Crippen molar-refractivity contribution < 1.29 is 9.53 Å². The number of hydrogen-bond donors (Lipinski definition) is 0.